The van der Waals surface area contributed by atoms with E-state index in [1.807, 2.05) is 0 Å². The molecule has 13 atom stereocenters. The fraction of sp³-hybridized carbons (Fsp3) is 0.892. The summed E-state index contributed by atoms with van der Waals surface area (Å²) in [5, 5.41) is 41.9. The van der Waals surface area contributed by atoms with E-state index in [4.69, 9.17) is 4.74 Å². The number of aliphatic carboxylic acids is 1. The molecule has 1 heterocycles. The van der Waals surface area contributed by atoms with Crippen molar-refractivity contribution in [2.75, 3.05) is 6.67 Å². The highest BCUT2D eigenvalue weighted by Gasteiger charge is 2.70. The summed E-state index contributed by atoms with van der Waals surface area (Å²) < 4.78 is 19.3. The standard InChI is InChI=1S/C37H57FO7/c1-32(2)14-16-37(31(43)44)17-15-35(6)20(22(37)18-32)8-9-25-34(5)12-10-21(33(3,4)24(34)11-13-36(25,35)7)26(39)30-29(42)28(41)27(40)23(19-38)45-30/h8,21-25,27-30,40-42H,9-19H2,1-7H3,(H,43,44)/t21-,22?,23?,24?,25?,27+,28?,29-,30-,34-,35+,36+,37-/m0/s1. The van der Waals surface area contributed by atoms with E-state index in [2.05, 4.69) is 54.5 Å². The number of aliphatic hydroxyl groups is 3. The number of halogens is 1. The smallest absolute Gasteiger partial charge is 0.310 e. The Bertz CT molecular complexity index is 1260. The van der Waals surface area contributed by atoms with Gasteiger partial charge < -0.3 is 25.2 Å². The Morgan fingerprint density at radius 2 is 1.53 bits per heavy atom. The van der Waals surface area contributed by atoms with Crippen LogP contribution in [0.3, 0.4) is 0 Å². The highest BCUT2D eigenvalue weighted by Crippen LogP contribution is 2.76. The zero-order valence-corrected chi connectivity index (χ0v) is 28.4. The SMILES string of the molecule is CC1(C)CC[C@]2(C(=O)O)CC[C@]3(C)C(=CCC4[C@@]5(C)CC[C@@H](C(=O)[C@@H]6OC(CF)[C@@H](O)C(O)[C@@H]6O)C(C)(C)C5CC[C@]43C)C2C1. The number of alkyl halides is 1. The minimum absolute atomic E-state index is 0.00121. The van der Waals surface area contributed by atoms with Gasteiger partial charge in [-0.05, 0) is 109 Å². The Morgan fingerprint density at radius 1 is 0.867 bits per heavy atom. The summed E-state index contributed by atoms with van der Waals surface area (Å²) in [4.78, 5) is 27.0. The van der Waals surface area contributed by atoms with Crippen molar-refractivity contribution in [2.24, 2.45) is 56.2 Å². The molecule has 6 rings (SSSR count). The van der Waals surface area contributed by atoms with Gasteiger partial charge in [-0.2, -0.15) is 0 Å². The molecule has 0 aromatic carbocycles. The molecule has 0 aromatic heterocycles. The van der Waals surface area contributed by atoms with Gasteiger partial charge in [0.25, 0.3) is 0 Å². The summed E-state index contributed by atoms with van der Waals surface area (Å²) in [5.74, 6) is -0.677. The lowest BCUT2D eigenvalue weighted by Crippen LogP contribution is -2.66. The molecule has 1 saturated heterocycles. The lowest BCUT2D eigenvalue weighted by molar-refractivity contribution is -0.230. The Kier molecular flexibility index (Phi) is 7.88. The fourth-order valence-electron chi connectivity index (χ4n) is 12.7. The quantitative estimate of drug-likeness (QED) is 0.286. The van der Waals surface area contributed by atoms with Crippen LogP contribution in [0, 0.1) is 56.2 Å². The van der Waals surface area contributed by atoms with Crippen molar-refractivity contribution in [1.82, 2.24) is 0 Å². The third-order valence-corrected chi connectivity index (χ3v) is 15.6. The van der Waals surface area contributed by atoms with E-state index < -0.39 is 59.9 Å². The average Bonchev–Trinajstić information content (AvgIpc) is 2.95. The number of ether oxygens (including phenoxy) is 1. The number of Topliss-reactive ketones (excluding diaryl/α,β-unsaturated/α-hetero) is 1. The van der Waals surface area contributed by atoms with Gasteiger partial charge in [-0.15, -0.1) is 0 Å². The molecule has 4 saturated carbocycles. The van der Waals surface area contributed by atoms with Gasteiger partial charge in [0.1, 0.15) is 37.2 Å². The lowest BCUT2D eigenvalue weighted by atomic mass is 9.33. The number of carboxylic acid groups (broad SMARTS) is 1. The molecule has 254 valence electrons. The first-order valence-corrected chi connectivity index (χ1v) is 17.5. The van der Waals surface area contributed by atoms with E-state index in [1.54, 1.807) is 0 Å². The number of rotatable bonds is 4. The molecule has 7 nitrogen and oxygen atoms in total. The third-order valence-electron chi connectivity index (χ3n) is 15.6. The summed E-state index contributed by atoms with van der Waals surface area (Å²) >= 11 is 0. The van der Waals surface area contributed by atoms with Crippen molar-refractivity contribution in [3.63, 3.8) is 0 Å². The molecule has 0 amide bonds. The molecular formula is C37H57FO7. The summed E-state index contributed by atoms with van der Waals surface area (Å²) in [7, 11) is 0. The molecule has 0 spiro atoms. The first-order valence-electron chi connectivity index (χ1n) is 17.5. The molecule has 6 aliphatic rings. The number of hydrogen-bond donors (Lipinski definition) is 4. The van der Waals surface area contributed by atoms with Crippen molar-refractivity contribution in [2.45, 2.75) is 143 Å². The number of carboxylic acids is 1. The van der Waals surface area contributed by atoms with Crippen LogP contribution < -0.4 is 0 Å². The number of aliphatic hydroxyl groups excluding tert-OH is 3. The number of allylic oxidation sites excluding steroid dienone is 2. The predicted molar refractivity (Wildman–Crippen MR) is 168 cm³/mol. The van der Waals surface area contributed by atoms with Gasteiger partial charge in [0, 0.05) is 5.92 Å². The zero-order chi connectivity index (χ0) is 33.1. The molecule has 4 N–H and O–H groups in total. The van der Waals surface area contributed by atoms with Crippen LogP contribution in [0.15, 0.2) is 11.6 Å². The molecule has 0 aromatic rings. The van der Waals surface area contributed by atoms with Crippen LogP contribution in [0.25, 0.3) is 0 Å². The Balaban J connectivity index is 1.31. The Morgan fingerprint density at radius 3 is 2.18 bits per heavy atom. The second kappa shape index (κ2) is 10.6. The van der Waals surface area contributed by atoms with E-state index in [0.29, 0.717) is 12.3 Å². The lowest BCUT2D eigenvalue weighted by Gasteiger charge is -2.71. The molecule has 8 heteroatoms. The van der Waals surface area contributed by atoms with E-state index in [9.17, 15) is 34.4 Å². The summed E-state index contributed by atoms with van der Waals surface area (Å²) in [5.41, 5.74) is 0.294. The van der Waals surface area contributed by atoms with Crippen LogP contribution in [0.1, 0.15) is 113 Å². The number of carbonyl (C=O) groups excluding carboxylic acids is 1. The third kappa shape index (κ3) is 4.46. The maximum Gasteiger partial charge on any atom is 0.310 e. The molecule has 5 fully saturated rings. The molecule has 45 heavy (non-hydrogen) atoms. The van der Waals surface area contributed by atoms with Crippen molar-refractivity contribution >= 4 is 11.8 Å². The van der Waals surface area contributed by atoms with E-state index >= 15 is 0 Å². The van der Waals surface area contributed by atoms with Gasteiger partial charge in [0.15, 0.2) is 5.78 Å². The van der Waals surface area contributed by atoms with Gasteiger partial charge in [-0.25, -0.2) is 4.39 Å². The largest absolute Gasteiger partial charge is 0.481 e. The van der Waals surface area contributed by atoms with Crippen LogP contribution in [0.4, 0.5) is 4.39 Å². The van der Waals surface area contributed by atoms with Crippen LogP contribution in [-0.4, -0.2) is 69.4 Å². The Labute approximate surface area is 268 Å². The van der Waals surface area contributed by atoms with Crippen LogP contribution in [0.5, 0.6) is 0 Å². The molecule has 5 unspecified atom stereocenters. The minimum atomic E-state index is -1.64. The highest BCUT2D eigenvalue weighted by atomic mass is 19.1. The van der Waals surface area contributed by atoms with Crippen LogP contribution >= 0.6 is 0 Å². The van der Waals surface area contributed by atoms with Gasteiger partial charge in [0.2, 0.25) is 0 Å². The minimum Gasteiger partial charge on any atom is -0.481 e. The zero-order valence-electron chi connectivity index (χ0n) is 28.4. The molecule has 5 aliphatic carbocycles. The predicted octanol–water partition coefficient (Wildman–Crippen LogP) is 5.88. The van der Waals surface area contributed by atoms with E-state index in [1.165, 1.54) is 5.57 Å². The second-order valence-corrected chi connectivity index (χ2v) is 18.2. The topological polar surface area (TPSA) is 124 Å². The second-order valence-electron chi connectivity index (χ2n) is 18.2. The van der Waals surface area contributed by atoms with Crippen LogP contribution in [-0.2, 0) is 14.3 Å². The maximum absolute atomic E-state index is 14.1. The number of carbonyl (C=O) groups is 2. The Hall–Kier alpha value is -1.35. The van der Waals surface area contributed by atoms with Gasteiger partial charge >= 0.3 is 5.97 Å². The fourth-order valence-corrected chi connectivity index (χ4v) is 12.7. The summed E-state index contributed by atoms with van der Waals surface area (Å²) in [6.45, 7) is 15.2. The van der Waals surface area contributed by atoms with E-state index in [0.717, 1.165) is 57.8 Å². The van der Waals surface area contributed by atoms with Crippen molar-refractivity contribution in [1.29, 1.82) is 0 Å². The van der Waals surface area contributed by atoms with E-state index in [-0.39, 0.29) is 39.3 Å². The summed E-state index contributed by atoms with van der Waals surface area (Å²) in [6, 6.07) is 0. The van der Waals surface area contributed by atoms with Crippen molar-refractivity contribution in [3.8, 4) is 0 Å². The van der Waals surface area contributed by atoms with Crippen LogP contribution in [0.2, 0.25) is 0 Å². The molecule has 0 bridgehead atoms. The normalized spacial score (nSPS) is 51.9. The van der Waals surface area contributed by atoms with Gasteiger partial charge in [0.05, 0.1) is 5.41 Å². The number of fused-ring (bicyclic) bond motifs is 7. The van der Waals surface area contributed by atoms with Crippen molar-refractivity contribution in [3.05, 3.63) is 11.6 Å². The first kappa shape index (κ1) is 33.5. The number of ketones is 1. The molecule has 0 radical (unpaired) electrons. The highest BCUT2D eigenvalue weighted by molar-refractivity contribution is 5.87. The molecular weight excluding hydrogens is 575 g/mol. The van der Waals surface area contributed by atoms with Crippen molar-refractivity contribution < 1.29 is 39.1 Å². The average molecular weight is 633 g/mol. The van der Waals surface area contributed by atoms with Gasteiger partial charge in [-0.1, -0.05) is 60.1 Å². The van der Waals surface area contributed by atoms with Gasteiger partial charge in [-0.3, -0.25) is 9.59 Å². The molecule has 1 aliphatic heterocycles. The number of hydrogen-bond acceptors (Lipinski definition) is 6. The monoisotopic (exact) mass is 632 g/mol. The summed E-state index contributed by atoms with van der Waals surface area (Å²) in [6.07, 6.45) is 3.47. The maximum atomic E-state index is 14.1. The first-order chi connectivity index (χ1) is 20.8.